The number of rotatable bonds is 16. The normalized spacial score (nSPS) is 14.6. The third-order valence-electron chi connectivity index (χ3n) is 9.24. The van der Waals surface area contributed by atoms with E-state index in [1.165, 1.54) is 161 Å². The van der Waals surface area contributed by atoms with Crippen LogP contribution in [0.4, 0.5) is 0 Å². The highest BCUT2D eigenvalue weighted by molar-refractivity contribution is 4.71. The van der Waals surface area contributed by atoms with Crippen LogP contribution >= 0.6 is 0 Å². The summed E-state index contributed by atoms with van der Waals surface area (Å²) in [5.74, 6) is 4.94. The molecule has 0 aromatic carbocycles. The summed E-state index contributed by atoms with van der Waals surface area (Å²) in [6, 6.07) is 0. The van der Waals surface area contributed by atoms with Crippen LogP contribution in [-0.2, 0) is 0 Å². The Bertz CT molecular complexity index is 466. The summed E-state index contributed by atoms with van der Waals surface area (Å²) in [6.07, 6.45) is 35.4. The smallest absolute Gasteiger partial charge is 0.0383 e. The first kappa shape index (κ1) is 57.3. The first-order valence-corrected chi connectivity index (χ1v) is 22.6. The van der Waals surface area contributed by atoms with Gasteiger partial charge >= 0.3 is 0 Å². The van der Waals surface area contributed by atoms with Crippen molar-refractivity contribution in [2.45, 2.75) is 278 Å². The lowest BCUT2D eigenvalue weighted by Gasteiger charge is -2.15. The maximum Gasteiger partial charge on any atom is -0.0383 e. The van der Waals surface area contributed by atoms with Gasteiger partial charge in [0.1, 0.15) is 0 Å². The van der Waals surface area contributed by atoms with Gasteiger partial charge in [-0.25, -0.2) is 0 Å². The SMILES string of the molecule is CC1CCCCC1.CCCC(C)(C)C.CCCC1CC1.CCCCC(C)C.CCCCC(C)C.CCCCCCC.CCC[C@H](C)CC. The van der Waals surface area contributed by atoms with Crippen LogP contribution in [0.15, 0.2) is 0 Å². The molecule has 0 spiro atoms. The predicted molar refractivity (Wildman–Crippen MR) is 232 cm³/mol. The van der Waals surface area contributed by atoms with Gasteiger partial charge in [0.2, 0.25) is 0 Å². The van der Waals surface area contributed by atoms with Crippen molar-refractivity contribution in [2.24, 2.45) is 35.0 Å². The fourth-order valence-corrected chi connectivity index (χ4v) is 5.47. The average molecular weight is 683 g/mol. The summed E-state index contributed by atoms with van der Waals surface area (Å²) in [5.41, 5.74) is 0.550. The van der Waals surface area contributed by atoms with Gasteiger partial charge in [-0.2, -0.15) is 0 Å². The number of unbranched alkanes of at least 4 members (excludes halogenated alkanes) is 6. The quantitative estimate of drug-likeness (QED) is 0.142. The van der Waals surface area contributed by atoms with Crippen molar-refractivity contribution in [1.29, 1.82) is 0 Å². The van der Waals surface area contributed by atoms with E-state index in [1.54, 1.807) is 0 Å². The largest absolute Gasteiger partial charge is 0.0654 e. The van der Waals surface area contributed by atoms with E-state index in [9.17, 15) is 0 Å². The highest BCUT2D eigenvalue weighted by Gasteiger charge is 2.18. The minimum atomic E-state index is 0.550. The van der Waals surface area contributed by atoms with Crippen molar-refractivity contribution in [2.75, 3.05) is 0 Å². The van der Waals surface area contributed by atoms with Gasteiger partial charge in [-0.3, -0.25) is 0 Å². The molecule has 2 saturated carbocycles. The third-order valence-corrected chi connectivity index (χ3v) is 9.24. The highest BCUT2D eigenvalue weighted by Crippen LogP contribution is 2.33. The van der Waals surface area contributed by atoms with Gasteiger partial charge in [-0.15, -0.1) is 0 Å². The monoisotopic (exact) mass is 683 g/mol. The lowest BCUT2D eigenvalue weighted by molar-refractivity contribution is 0.373. The average Bonchev–Trinajstić information content (AvgIpc) is 3.85. The van der Waals surface area contributed by atoms with Crippen LogP contribution in [0.3, 0.4) is 0 Å². The Morgan fingerprint density at radius 3 is 1.06 bits per heavy atom. The van der Waals surface area contributed by atoms with Crippen LogP contribution in [0.5, 0.6) is 0 Å². The molecule has 0 unspecified atom stereocenters. The summed E-state index contributed by atoms with van der Waals surface area (Å²) >= 11 is 0. The van der Waals surface area contributed by atoms with E-state index in [0.717, 1.165) is 29.6 Å². The fourth-order valence-electron chi connectivity index (χ4n) is 5.47. The molecule has 0 N–H and O–H groups in total. The van der Waals surface area contributed by atoms with Crippen LogP contribution in [0.2, 0.25) is 0 Å². The molecule has 2 aliphatic carbocycles. The fraction of sp³-hybridized carbons (Fsp3) is 1.00. The van der Waals surface area contributed by atoms with Crippen LogP contribution in [-0.4, -0.2) is 0 Å². The summed E-state index contributed by atoms with van der Waals surface area (Å²) in [7, 11) is 0. The Balaban J connectivity index is -0.000000150. The van der Waals surface area contributed by atoms with Crippen molar-refractivity contribution >= 4 is 0 Å². The molecule has 0 bridgehead atoms. The van der Waals surface area contributed by atoms with Crippen LogP contribution in [0.1, 0.15) is 278 Å². The van der Waals surface area contributed by atoms with E-state index >= 15 is 0 Å². The second-order valence-corrected chi connectivity index (χ2v) is 17.7. The second kappa shape index (κ2) is 47.0. The zero-order chi connectivity index (χ0) is 38.1. The molecule has 0 saturated heterocycles. The molecule has 0 nitrogen and oxygen atoms in total. The molecule has 2 rings (SSSR count). The molecule has 1 atom stereocenters. The zero-order valence-corrected chi connectivity index (χ0v) is 38.1. The molecular formula is C48H106. The van der Waals surface area contributed by atoms with E-state index in [0.29, 0.717) is 5.41 Å². The highest BCUT2D eigenvalue weighted by atomic mass is 14.2. The second-order valence-electron chi connectivity index (χ2n) is 17.7. The summed E-state index contributed by atoms with van der Waals surface area (Å²) in [4.78, 5) is 0. The van der Waals surface area contributed by atoms with Crippen LogP contribution < -0.4 is 0 Å². The molecule has 2 fully saturated rings. The molecule has 0 amide bonds. The predicted octanol–water partition coefficient (Wildman–Crippen LogP) is 19.1. The van der Waals surface area contributed by atoms with Crippen molar-refractivity contribution in [1.82, 2.24) is 0 Å². The Kier molecular flexibility index (Phi) is 56.2. The minimum Gasteiger partial charge on any atom is -0.0654 e. The molecule has 0 radical (unpaired) electrons. The standard InChI is InChI=1S/C7H14.5C7H16.C6H12/c1-7-5-3-2-4-6-7;1-5-6-7(2,3)4;2*1-4-5-6-7(2)3;1-4-6-7(3)5-2;1-3-5-7-6-4-2;1-2-3-6-4-5-6/h7H,2-6H2,1H3;5-6H2,1-4H3;3*7H,4-6H2,1-3H3;3-7H2,1-2H3;6H,2-5H2,1H3/t;;;;7-;;/m....1../s1. The van der Waals surface area contributed by atoms with Gasteiger partial charge in [-0.1, -0.05) is 272 Å². The van der Waals surface area contributed by atoms with Crippen molar-refractivity contribution in [3.05, 3.63) is 0 Å². The number of hydrogen-bond acceptors (Lipinski definition) is 0. The van der Waals surface area contributed by atoms with Crippen molar-refractivity contribution in [3.8, 4) is 0 Å². The molecule has 48 heavy (non-hydrogen) atoms. The molecule has 2 aliphatic rings. The van der Waals surface area contributed by atoms with E-state index in [1.807, 2.05) is 0 Å². The summed E-state index contributed by atoms with van der Waals surface area (Å²) in [6.45, 7) is 38.5. The zero-order valence-electron chi connectivity index (χ0n) is 38.1. The van der Waals surface area contributed by atoms with Crippen molar-refractivity contribution < 1.29 is 0 Å². The molecule has 0 aromatic rings. The van der Waals surface area contributed by atoms with Gasteiger partial charge in [0.05, 0.1) is 0 Å². The van der Waals surface area contributed by atoms with E-state index in [4.69, 9.17) is 0 Å². The maximum absolute atomic E-state index is 2.36. The molecule has 0 aliphatic heterocycles. The lowest BCUT2D eigenvalue weighted by Crippen LogP contribution is -2.02. The molecule has 0 aromatic heterocycles. The van der Waals surface area contributed by atoms with E-state index < -0.39 is 0 Å². The van der Waals surface area contributed by atoms with Crippen LogP contribution in [0, 0.1) is 35.0 Å². The maximum atomic E-state index is 2.36. The Morgan fingerprint density at radius 1 is 0.479 bits per heavy atom. The summed E-state index contributed by atoms with van der Waals surface area (Å²) < 4.78 is 0. The summed E-state index contributed by atoms with van der Waals surface area (Å²) in [5, 5.41) is 0. The van der Waals surface area contributed by atoms with Gasteiger partial charge in [0.15, 0.2) is 0 Å². The molecule has 0 heteroatoms. The Labute approximate surface area is 312 Å². The van der Waals surface area contributed by atoms with E-state index in [-0.39, 0.29) is 0 Å². The Hall–Kier alpha value is 0. The topological polar surface area (TPSA) is 0 Å². The van der Waals surface area contributed by atoms with Crippen molar-refractivity contribution in [3.63, 3.8) is 0 Å². The van der Waals surface area contributed by atoms with Gasteiger partial charge in [0, 0.05) is 0 Å². The Morgan fingerprint density at radius 2 is 0.917 bits per heavy atom. The van der Waals surface area contributed by atoms with Gasteiger partial charge in [0.25, 0.3) is 0 Å². The lowest BCUT2D eigenvalue weighted by atomic mass is 9.91. The first-order chi connectivity index (χ1) is 22.6. The van der Waals surface area contributed by atoms with Crippen LogP contribution in [0.25, 0.3) is 0 Å². The third kappa shape index (κ3) is 76.0. The number of hydrogen-bond donors (Lipinski definition) is 0. The van der Waals surface area contributed by atoms with Gasteiger partial charge < -0.3 is 0 Å². The molecule has 298 valence electrons. The minimum absolute atomic E-state index is 0.550. The molecular weight excluding hydrogens is 577 g/mol. The van der Waals surface area contributed by atoms with E-state index in [2.05, 4.69) is 118 Å². The first-order valence-electron chi connectivity index (χ1n) is 22.6. The van der Waals surface area contributed by atoms with Gasteiger partial charge in [-0.05, 0) is 41.4 Å². The molecule has 0 heterocycles.